The van der Waals surface area contributed by atoms with Crippen molar-refractivity contribution in [2.24, 2.45) is 0 Å². The van der Waals surface area contributed by atoms with Crippen molar-refractivity contribution in [1.29, 1.82) is 0 Å². The van der Waals surface area contributed by atoms with Gasteiger partial charge < -0.3 is 9.72 Å². The molecule has 6 heteroatoms. The molecule has 1 aromatic carbocycles. The predicted octanol–water partition coefficient (Wildman–Crippen LogP) is 3.59. The van der Waals surface area contributed by atoms with Crippen LogP contribution in [0.15, 0.2) is 24.3 Å². The minimum Gasteiger partial charge on any atom is -0.453 e. The highest BCUT2D eigenvalue weighted by Crippen LogP contribution is 2.23. The van der Waals surface area contributed by atoms with E-state index >= 15 is 0 Å². The molecular formula is C17H16N2O3S. The number of aromatic nitrogens is 2. The third-order valence-electron chi connectivity index (χ3n) is 3.60. The Balaban J connectivity index is 1.78. The van der Waals surface area contributed by atoms with Crippen molar-refractivity contribution in [2.75, 3.05) is 6.61 Å². The monoisotopic (exact) mass is 328 g/mol. The topological polar surface area (TPSA) is 72.0 Å². The van der Waals surface area contributed by atoms with Crippen LogP contribution in [0, 0.1) is 20.8 Å². The number of aromatic amines is 1. The number of rotatable bonds is 4. The molecule has 23 heavy (non-hydrogen) atoms. The second-order valence-electron chi connectivity index (χ2n) is 5.32. The van der Waals surface area contributed by atoms with Crippen LogP contribution < -0.4 is 0 Å². The fourth-order valence-corrected chi connectivity index (χ4v) is 3.44. The number of ketones is 1. The summed E-state index contributed by atoms with van der Waals surface area (Å²) in [6.07, 6.45) is 0. The Morgan fingerprint density at radius 1 is 1.22 bits per heavy atom. The van der Waals surface area contributed by atoms with Crippen LogP contribution in [0.4, 0.5) is 0 Å². The number of fused-ring (bicyclic) bond motifs is 1. The molecule has 0 spiro atoms. The summed E-state index contributed by atoms with van der Waals surface area (Å²) < 4.78 is 5.18. The van der Waals surface area contributed by atoms with Gasteiger partial charge in [0.25, 0.3) is 0 Å². The molecule has 0 amide bonds. The van der Waals surface area contributed by atoms with Gasteiger partial charge in [-0.1, -0.05) is 18.2 Å². The Labute approximate surface area is 137 Å². The second kappa shape index (κ2) is 5.96. The quantitative estimate of drug-likeness (QED) is 0.587. The molecule has 1 N–H and O–H groups in total. The number of benzene rings is 1. The Morgan fingerprint density at radius 3 is 2.65 bits per heavy atom. The van der Waals surface area contributed by atoms with Gasteiger partial charge in [-0.2, -0.15) is 0 Å². The third kappa shape index (κ3) is 2.90. The maximum absolute atomic E-state index is 12.5. The van der Waals surface area contributed by atoms with E-state index in [2.05, 4.69) is 9.97 Å². The number of nitrogens with one attached hydrogen (secondary N) is 1. The van der Waals surface area contributed by atoms with Crippen molar-refractivity contribution in [2.45, 2.75) is 20.8 Å². The molecular weight excluding hydrogens is 312 g/mol. The second-order valence-corrected chi connectivity index (χ2v) is 6.52. The van der Waals surface area contributed by atoms with Gasteiger partial charge in [-0.05, 0) is 26.8 Å². The summed E-state index contributed by atoms with van der Waals surface area (Å²) in [5.74, 6) is -0.717. The van der Waals surface area contributed by atoms with Crippen molar-refractivity contribution >= 4 is 34.0 Å². The number of ether oxygens (including phenoxy) is 1. The van der Waals surface area contributed by atoms with Gasteiger partial charge in [-0.25, -0.2) is 9.78 Å². The summed E-state index contributed by atoms with van der Waals surface area (Å²) in [5.41, 5.74) is 2.88. The molecule has 0 radical (unpaired) electrons. The van der Waals surface area contributed by atoms with E-state index in [1.165, 1.54) is 11.3 Å². The van der Waals surface area contributed by atoms with Gasteiger partial charge in [0.15, 0.2) is 6.61 Å². The van der Waals surface area contributed by atoms with Crippen LogP contribution in [0.25, 0.3) is 10.9 Å². The van der Waals surface area contributed by atoms with Crippen LogP contribution in [-0.4, -0.2) is 28.3 Å². The van der Waals surface area contributed by atoms with E-state index in [-0.39, 0.29) is 12.4 Å². The molecule has 0 aliphatic rings. The molecule has 2 heterocycles. The average molecular weight is 328 g/mol. The highest BCUT2D eigenvalue weighted by atomic mass is 32.1. The predicted molar refractivity (Wildman–Crippen MR) is 89.2 cm³/mol. The third-order valence-corrected chi connectivity index (χ3v) is 4.65. The number of thiazole rings is 1. The van der Waals surface area contributed by atoms with E-state index in [9.17, 15) is 9.59 Å². The summed E-state index contributed by atoms with van der Waals surface area (Å²) in [6.45, 7) is 5.14. The van der Waals surface area contributed by atoms with Crippen LogP contribution in [-0.2, 0) is 4.74 Å². The normalized spacial score (nSPS) is 10.9. The summed E-state index contributed by atoms with van der Waals surface area (Å²) >= 11 is 1.27. The molecule has 3 rings (SSSR count). The van der Waals surface area contributed by atoms with Crippen LogP contribution >= 0.6 is 11.3 Å². The van der Waals surface area contributed by atoms with Gasteiger partial charge in [0.1, 0.15) is 4.88 Å². The lowest BCUT2D eigenvalue weighted by Crippen LogP contribution is -2.14. The van der Waals surface area contributed by atoms with E-state index < -0.39 is 5.97 Å². The lowest BCUT2D eigenvalue weighted by molar-refractivity contribution is 0.0479. The minimum atomic E-state index is -0.501. The minimum absolute atomic E-state index is 0.216. The zero-order chi connectivity index (χ0) is 16.6. The molecule has 0 saturated carbocycles. The molecule has 3 aromatic rings. The largest absolute Gasteiger partial charge is 0.453 e. The van der Waals surface area contributed by atoms with Crippen molar-refractivity contribution in [3.05, 3.63) is 51.1 Å². The maximum atomic E-state index is 12.5. The molecule has 0 atom stereocenters. The number of H-pyrrole nitrogens is 1. The first-order valence-corrected chi connectivity index (χ1v) is 8.00. The molecule has 0 aliphatic carbocycles. The van der Waals surface area contributed by atoms with E-state index in [0.29, 0.717) is 16.1 Å². The number of carbonyl (C=O) groups is 2. The van der Waals surface area contributed by atoms with Gasteiger partial charge in [-0.3, -0.25) is 4.79 Å². The zero-order valence-corrected chi connectivity index (χ0v) is 13.9. The lowest BCUT2D eigenvalue weighted by Gasteiger charge is -2.04. The summed E-state index contributed by atoms with van der Waals surface area (Å²) in [6, 6.07) is 7.57. The maximum Gasteiger partial charge on any atom is 0.350 e. The number of para-hydroxylation sites is 1. The lowest BCUT2D eigenvalue weighted by atomic mass is 10.1. The van der Waals surface area contributed by atoms with Crippen LogP contribution in [0.3, 0.4) is 0 Å². The van der Waals surface area contributed by atoms with Crippen molar-refractivity contribution in [3.63, 3.8) is 0 Å². The van der Waals surface area contributed by atoms with Crippen LogP contribution in [0.5, 0.6) is 0 Å². The first-order chi connectivity index (χ1) is 11.0. The fourth-order valence-electron chi connectivity index (χ4n) is 2.63. The Hall–Kier alpha value is -2.47. The molecule has 0 saturated heterocycles. The highest BCUT2D eigenvalue weighted by molar-refractivity contribution is 7.13. The first-order valence-electron chi connectivity index (χ1n) is 7.19. The summed E-state index contributed by atoms with van der Waals surface area (Å²) in [5, 5.41) is 1.64. The SMILES string of the molecule is Cc1nc(C)c(C(=O)OCC(=O)c2c(C)[nH]c3ccccc23)s1. The van der Waals surface area contributed by atoms with Gasteiger partial charge in [0, 0.05) is 22.2 Å². The number of nitrogens with zero attached hydrogens (tertiary/aromatic N) is 1. The highest BCUT2D eigenvalue weighted by Gasteiger charge is 2.20. The summed E-state index contributed by atoms with van der Waals surface area (Å²) in [7, 11) is 0. The zero-order valence-electron chi connectivity index (χ0n) is 13.1. The molecule has 2 aromatic heterocycles. The number of hydrogen-bond donors (Lipinski definition) is 1. The van der Waals surface area contributed by atoms with Crippen molar-refractivity contribution in [1.82, 2.24) is 9.97 Å². The van der Waals surface area contributed by atoms with Gasteiger partial charge in [0.2, 0.25) is 5.78 Å². The Bertz CT molecular complexity index is 908. The Kier molecular flexibility index (Phi) is 4.00. The van der Waals surface area contributed by atoms with Crippen LogP contribution in [0.1, 0.15) is 36.4 Å². The van der Waals surface area contributed by atoms with E-state index in [1.807, 2.05) is 38.1 Å². The number of aryl methyl sites for hydroxylation is 3. The fraction of sp³-hybridized carbons (Fsp3) is 0.235. The van der Waals surface area contributed by atoms with E-state index in [4.69, 9.17) is 4.74 Å². The molecule has 118 valence electrons. The smallest absolute Gasteiger partial charge is 0.350 e. The molecule has 0 unspecified atom stereocenters. The Morgan fingerprint density at radius 2 is 1.96 bits per heavy atom. The number of Topliss-reactive ketones (excluding diaryl/α,β-unsaturated/α-hetero) is 1. The molecule has 0 aliphatic heterocycles. The van der Waals surface area contributed by atoms with E-state index in [0.717, 1.165) is 21.6 Å². The molecule has 5 nitrogen and oxygen atoms in total. The first kappa shape index (κ1) is 15.4. The molecule has 0 bridgehead atoms. The average Bonchev–Trinajstić information content (AvgIpc) is 3.02. The number of esters is 1. The van der Waals surface area contributed by atoms with Crippen molar-refractivity contribution < 1.29 is 14.3 Å². The van der Waals surface area contributed by atoms with E-state index in [1.54, 1.807) is 6.92 Å². The van der Waals surface area contributed by atoms with Gasteiger partial charge >= 0.3 is 5.97 Å². The molecule has 0 fully saturated rings. The van der Waals surface area contributed by atoms with Crippen LogP contribution in [0.2, 0.25) is 0 Å². The van der Waals surface area contributed by atoms with Crippen molar-refractivity contribution in [3.8, 4) is 0 Å². The van der Waals surface area contributed by atoms with Gasteiger partial charge in [0.05, 0.1) is 10.7 Å². The summed E-state index contributed by atoms with van der Waals surface area (Å²) in [4.78, 5) is 32.4. The standard InChI is InChI=1S/C17H16N2O3S/c1-9-15(12-6-4-5-7-13(12)19-9)14(20)8-22-17(21)16-10(2)18-11(3)23-16/h4-7,19H,8H2,1-3H3. The van der Waals surface area contributed by atoms with Gasteiger partial charge in [-0.15, -0.1) is 11.3 Å². The number of carbonyl (C=O) groups excluding carboxylic acids is 2. The number of hydrogen-bond acceptors (Lipinski definition) is 5.